The molecule has 0 aliphatic carbocycles. The summed E-state index contributed by atoms with van der Waals surface area (Å²) in [7, 11) is 0. The monoisotopic (exact) mass is 241 g/mol. The zero-order valence-electron chi connectivity index (χ0n) is 7.92. The number of hydrogen-bond acceptors (Lipinski definition) is 3. The maximum Gasteiger partial charge on any atom is 0.150 e. The first-order chi connectivity index (χ1) is 7.66. The third-order valence-electron chi connectivity index (χ3n) is 1.82. The average Bonchev–Trinajstić information content (AvgIpc) is 2.24. The van der Waals surface area contributed by atoms with Crippen molar-refractivity contribution in [3.63, 3.8) is 0 Å². The molecule has 1 heterocycles. The predicted molar refractivity (Wildman–Crippen MR) is 56.7 cm³/mol. The lowest BCUT2D eigenvalue weighted by Gasteiger charge is -2.07. The molecule has 0 radical (unpaired) electrons. The first-order valence-electron chi connectivity index (χ1n) is 4.35. The lowest BCUT2D eigenvalue weighted by atomic mass is 10.3. The number of nitrogens with zero attached hydrogens (tertiary/aromatic N) is 2. The van der Waals surface area contributed by atoms with Crippen LogP contribution in [0.25, 0.3) is 0 Å². The van der Waals surface area contributed by atoms with Gasteiger partial charge in [0.1, 0.15) is 22.5 Å². The Labute approximate surface area is 95.1 Å². The van der Waals surface area contributed by atoms with E-state index in [9.17, 15) is 8.78 Å². The van der Waals surface area contributed by atoms with Gasteiger partial charge >= 0.3 is 0 Å². The molecule has 0 atom stereocenters. The Hall–Kier alpha value is -1.75. The van der Waals surface area contributed by atoms with E-state index >= 15 is 0 Å². The van der Waals surface area contributed by atoms with Crippen LogP contribution in [0.3, 0.4) is 0 Å². The molecule has 0 aliphatic heterocycles. The Morgan fingerprint density at radius 1 is 1.12 bits per heavy atom. The number of aromatic nitrogens is 2. The number of hydrogen-bond donors (Lipinski definition) is 1. The highest BCUT2D eigenvalue weighted by Crippen LogP contribution is 2.22. The number of benzene rings is 1. The summed E-state index contributed by atoms with van der Waals surface area (Å²) in [6, 6.07) is 3.56. The molecule has 2 rings (SSSR count). The lowest BCUT2D eigenvalue weighted by molar-refractivity contribution is 0.590. The minimum Gasteiger partial charge on any atom is -0.334 e. The van der Waals surface area contributed by atoms with Crippen molar-refractivity contribution in [3.05, 3.63) is 47.4 Å². The van der Waals surface area contributed by atoms with Crippen LogP contribution >= 0.6 is 11.6 Å². The first kappa shape index (κ1) is 10.8. The van der Waals surface area contributed by atoms with Gasteiger partial charge in [-0.15, -0.1) is 0 Å². The molecule has 6 heteroatoms. The van der Waals surface area contributed by atoms with Crippen LogP contribution in [0.15, 0.2) is 30.6 Å². The number of anilines is 2. The smallest absolute Gasteiger partial charge is 0.150 e. The Morgan fingerprint density at radius 2 is 1.81 bits per heavy atom. The van der Waals surface area contributed by atoms with Gasteiger partial charge in [-0.3, -0.25) is 4.98 Å². The van der Waals surface area contributed by atoms with Crippen LogP contribution in [0.1, 0.15) is 0 Å². The molecule has 0 saturated heterocycles. The van der Waals surface area contributed by atoms with Crippen LogP contribution < -0.4 is 5.32 Å². The highest BCUT2D eigenvalue weighted by Gasteiger charge is 2.09. The zero-order valence-corrected chi connectivity index (χ0v) is 8.67. The molecule has 0 fully saturated rings. The Bertz CT molecular complexity index is 499. The average molecular weight is 242 g/mol. The summed E-state index contributed by atoms with van der Waals surface area (Å²) < 4.78 is 26.5. The van der Waals surface area contributed by atoms with Gasteiger partial charge in [-0.1, -0.05) is 17.7 Å². The van der Waals surface area contributed by atoms with E-state index in [4.69, 9.17) is 11.6 Å². The molecule has 82 valence electrons. The van der Waals surface area contributed by atoms with E-state index in [1.807, 2.05) is 0 Å². The molecule has 3 nitrogen and oxygen atoms in total. The van der Waals surface area contributed by atoms with Crippen molar-refractivity contribution in [2.24, 2.45) is 0 Å². The van der Waals surface area contributed by atoms with Crippen molar-refractivity contribution < 1.29 is 8.78 Å². The van der Waals surface area contributed by atoms with Gasteiger partial charge in [0.15, 0.2) is 5.82 Å². The molecule has 2 aromatic rings. The van der Waals surface area contributed by atoms with E-state index in [2.05, 4.69) is 15.3 Å². The van der Waals surface area contributed by atoms with Gasteiger partial charge in [0.2, 0.25) is 0 Å². The second-order valence-corrected chi connectivity index (χ2v) is 3.34. The second-order valence-electron chi connectivity index (χ2n) is 2.95. The highest BCUT2D eigenvalue weighted by molar-refractivity contribution is 6.29. The van der Waals surface area contributed by atoms with Crippen molar-refractivity contribution >= 4 is 23.1 Å². The third-order valence-corrected chi connectivity index (χ3v) is 2.00. The normalized spacial score (nSPS) is 10.2. The molecule has 1 aromatic carbocycles. The number of rotatable bonds is 2. The third kappa shape index (κ3) is 2.25. The summed E-state index contributed by atoms with van der Waals surface area (Å²) in [4.78, 5) is 7.55. The van der Waals surface area contributed by atoms with E-state index in [0.29, 0.717) is 0 Å². The SMILES string of the molecule is Fc1cccc(F)c1Nc1cncc(Cl)n1. The molecule has 0 saturated carbocycles. The molecule has 0 unspecified atom stereocenters. The van der Waals surface area contributed by atoms with E-state index in [-0.39, 0.29) is 16.7 Å². The Kier molecular flexibility index (Phi) is 2.96. The van der Waals surface area contributed by atoms with Gasteiger partial charge in [0, 0.05) is 0 Å². The molecule has 0 spiro atoms. The quantitative estimate of drug-likeness (QED) is 0.878. The van der Waals surface area contributed by atoms with Crippen molar-refractivity contribution in [1.82, 2.24) is 9.97 Å². The molecular weight excluding hydrogens is 236 g/mol. The maximum atomic E-state index is 13.3. The molecule has 0 bridgehead atoms. The van der Waals surface area contributed by atoms with E-state index in [1.54, 1.807) is 0 Å². The minimum atomic E-state index is -0.707. The number of nitrogens with one attached hydrogen (secondary N) is 1. The standard InChI is InChI=1S/C10H6ClF2N3/c11-8-4-14-5-9(15-8)16-10-6(12)2-1-3-7(10)13/h1-5H,(H,15,16). The second kappa shape index (κ2) is 4.40. The van der Waals surface area contributed by atoms with Crippen LogP contribution in [-0.4, -0.2) is 9.97 Å². The minimum absolute atomic E-state index is 0.141. The highest BCUT2D eigenvalue weighted by atomic mass is 35.5. The van der Waals surface area contributed by atoms with Gasteiger partial charge in [0.25, 0.3) is 0 Å². The van der Waals surface area contributed by atoms with Gasteiger partial charge < -0.3 is 5.32 Å². The van der Waals surface area contributed by atoms with Crippen LogP contribution in [0.5, 0.6) is 0 Å². The van der Waals surface area contributed by atoms with Crippen LogP contribution in [0, 0.1) is 11.6 Å². The molecular formula is C10H6ClF2N3. The summed E-state index contributed by atoms with van der Waals surface area (Å²) in [5, 5.41) is 2.61. The maximum absolute atomic E-state index is 13.3. The topological polar surface area (TPSA) is 37.8 Å². The molecule has 1 N–H and O–H groups in total. The summed E-state index contributed by atoms with van der Waals surface area (Å²) in [5.74, 6) is -1.24. The van der Waals surface area contributed by atoms with Crippen molar-refractivity contribution in [2.75, 3.05) is 5.32 Å². The summed E-state index contributed by atoms with van der Waals surface area (Å²) in [5.41, 5.74) is -0.279. The van der Waals surface area contributed by atoms with Crippen LogP contribution in [0.4, 0.5) is 20.3 Å². The lowest BCUT2D eigenvalue weighted by Crippen LogP contribution is -1.99. The summed E-state index contributed by atoms with van der Waals surface area (Å²) >= 11 is 5.59. The molecule has 16 heavy (non-hydrogen) atoms. The van der Waals surface area contributed by atoms with Gasteiger partial charge in [0.05, 0.1) is 12.4 Å². The van der Waals surface area contributed by atoms with Gasteiger partial charge in [-0.05, 0) is 12.1 Å². The van der Waals surface area contributed by atoms with Crippen molar-refractivity contribution in [2.45, 2.75) is 0 Å². The van der Waals surface area contributed by atoms with Crippen molar-refractivity contribution in [3.8, 4) is 0 Å². The largest absolute Gasteiger partial charge is 0.334 e. The zero-order chi connectivity index (χ0) is 11.5. The van der Waals surface area contributed by atoms with Crippen LogP contribution in [-0.2, 0) is 0 Å². The van der Waals surface area contributed by atoms with E-state index < -0.39 is 11.6 Å². The van der Waals surface area contributed by atoms with Gasteiger partial charge in [-0.2, -0.15) is 0 Å². The number of para-hydroxylation sites is 1. The first-order valence-corrected chi connectivity index (χ1v) is 4.73. The number of halogens is 3. The van der Waals surface area contributed by atoms with Crippen LogP contribution in [0.2, 0.25) is 5.15 Å². The molecule has 0 amide bonds. The summed E-state index contributed by atoms with van der Waals surface area (Å²) in [6.07, 6.45) is 2.64. The fourth-order valence-corrected chi connectivity index (χ4v) is 1.30. The molecule has 1 aromatic heterocycles. The predicted octanol–water partition coefficient (Wildman–Crippen LogP) is 3.15. The molecule has 0 aliphatic rings. The van der Waals surface area contributed by atoms with Crippen molar-refractivity contribution in [1.29, 1.82) is 0 Å². The fourth-order valence-electron chi connectivity index (χ4n) is 1.15. The van der Waals surface area contributed by atoms with E-state index in [0.717, 1.165) is 12.1 Å². The Balaban J connectivity index is 2.34. The van der Waals surface area contributed by atoms with E-state index in [1.165, 1.54) is 18.5 Å². The van der Waals surface area contributed by atoms with Gasteiger partial charge in [-0.25, -0.2) is 13.8 Å². The fraction of sp³-hybridized carbons (Fsp3) is 0. The summed E-state index contributed by atoms with van der Waals surface area (Å²) in [6.45, 7) is 0. The Morgan fingerprint density at radius 3 is 2.44 bits per heavy atom.